The van der Waals surface area contributed by atoms with Crippen LogP contribution in [0.15, 0.2) is 0 Å². The molecule has 0 aromatic rings. The molecule has 0 heterocycles. The van der Waals surface area contributed by atoms with Crippen molar-refractivity contribution < 1.29 is 14.3 Å². The number of halogens is 1. The molecule has 1 aliphatic rings. The second-order valence-corrected chi connectivity index (χ2v) is 6.67. The maximum atomic E-state index is 11.3. The van der Waals surface area contributed by atoms with Crippen molar-refractivity contribution >= 4 is 28.4 Å². The van der Waals surface area contributed by atoms with E-state index in [1.165, 1.54) is 12.8 Å². The maximum Gasteiger partial charge on any atom is 0.158 e. The van der Waals surface area contributed by atoms with Crippen molar-refractivity contribution in [1.29, 1.82) is 0 Å². The van der Waals surface area contributed by atoms with E-state index in [0.29, 0.717) is 10.3 Å². The third-order valence-electron chi connectivity index (χ3n) is 3.43. The highest BCUT2D eigenvalue weighted by Gasteiger charge is 2.27. The Hall–Kier alpha value is 0.320. The molecule has 0 spiro atoms. The van der Waals surface area contributed by atoms with E-state index < -0.39 is 0 Å². The number of hydrogen-bond donors (Lipinski definition) is 0. The van der Waals surface area contributed by atoms with Crippen LogP contribution < -0.4 is 0 Å². The lowest BCUT2D eigenvalue weighted by molar-refractivity contribution is -0.133. The van der Waals surface area contributed by atoms with E-state index in [2.05, 4.69) is 29.5 Å². The first-order chi connectivity index (χ1) is 8.67. The molecule has 0 aromatic carbocycles. The molecule has 0 amide bonds. The number of ether oxygens (including phenoxy) is 2. The third kappa shape index (κ3) is 5.97. The minimum absolute atomic E-state index is 0.120. The van der Waals surface area contributed by atoms with Gasteiger partial charge in [-0.15, -0.1) is 0 Å². The second kappa shape index (κ2) is 9.26. The van der Waals surface area contributed by atoms with Crippen LogP contribution in [0.25, 0.3) is 0 Å². The van der Waals surface area contributed by atoms with Gasteiger partial charge in [0.05, 0.1) is 18.8 Å². The molecular formula is C14H25IO3. The molecule has 1 saturated carbocycles. The number of carbonyl (C=O) groups excluding carboxylic acids is 1. The molecule has 0 bridgehead atoms. The Labute approximate surface area is 124 Å². The Morgan fingerprint density at radius 1 is 1.22 bits per heavy atom. The topological polar surface area (TPSA) is 35.5 Å². The molecule has 3 unspecified atom stereocenters. The average molecular weight is 368 g/mol. The van der Waals surface area contributed by atoms with Gasteiger partial charge in [-0.2, -0.15) is 0 Å². The van der Waals surface area contributed by atoms with Gasteiger partial charge >= 0.3 is 0 Å². The Kier molecular flexibility index (Phi) is 8.42. The SMILES string of the molecule is CCC(=O)COC1CCCCC1OCC(I)CC. The van der Waals surface area contributed by atoms with Crippen LogP contribution in [0.5, 0.6) is 0 Å². The van der Waals surface area contributed by atoms with Gasteiger partial charge in [0.2, 0.25) is 0 Å². The standard InChI is InChI=1S/C14H25IO3/c1-3-11(15)9-17-13-7-5-6-8-14(13)18-10-12(16)4-2/h11,13-14H,3-10H2,1-2H3. The van der Waals surface area contributed by atoms with Crippen LogP contribution in [0.3, 0.4) is 0 Å². The monoisotopic (exact) mass is 368 g/mol. The zero-order valence-corrected chi connectivity index (χ0v) is 13.6. The largest absolute Gasteiger partial charge is 0.374 e. The lowest BCUT2D eigenvalue weighted by Crippen LogP contribution is -2.37. The van der Waals surface area contributed by atoms with Crippen LogP contribution in [0.2, 0.25) is 0 Å². The summed E-state index contributed by atoms with van der Waals surface area (Å²) in [7, 11) is 0. The Bertz CT molecular complexity index is 245. The highest BCUT2D eigenvalue weighted by Crippen LogP contribution is 2.24. The minimum atomic E-state index is 0.120. The summed E-state index contributed by atoms with van der Waals surface area (Å²) in [4.78, 5) is 11.3. The van der Waals surface area contributed by atoms with Crippen molar-refractivity contribution in [3.8, 4) is 0 Å². The first-order valence-electron chi connectivity index (χ1n) is 7.06. The maximum absolute atomic E-state index is 11.3. The van der Waals surface area contributed by atoms with E-state index >= 15 is 0 Å². The number of rotatable bonds is 8. The molecule has 3 nitrogen and oxygen atoms in total. The summed E-state index contributed by atoms with van der Waals surface area (Å²) in [6.07, 6.45) is 6.49. The van der Waals surface area contributed by atoms with Crippen LogP contribution in [0, 0.1) is 0 Å². The van der Waals surface area contributed by atoms with E-state index in [9.17, 15) is 4.79 Å². The molecule has 1 fully saturated rings. The van der Waals surface area contributed by atoms with Crippen molar-refractivity contribution in [1.82, 2.24) is 0 Å². The molecular weight excluding hydrogens is 343 g/mol. The first kappa shape index (κ1) is 16.4. The third-order valence-corrected chi connectivity index (χ3v) is 4.67. The fourth-order valence-electron chi connectivity index (χ4n) is 2.09. The molecule has 1 aliphatic carbocycles. The molecule has 0 aromatic heterocycles. The molecule has 1 rings (SSSR count). The summed E-state index contributed by atoms with van der Waals surface area (Å²) >= 11 is 2.43. The smallest absolute Gasteiger partial charge is 0.158 e. The molecule has 4 heteroatoms. The van der Waals surface area contributed by atoms with Crippen molar-refractivity contribution in [3.05, 3.63) is 0 Å². The minimum Gasteiger partial charge on any atom is -0.374 e. The summed E-state index contributed by atoms with van der Waals surface area (Å²) in [6, 6.07) is 0. The quantitative estimate of drug-likeness (QED) is 0.486. The van der Waals surface area contributed by atoms with Crippen molar-refractivity contribution in [2.24, 2.45) is 0 Å². The van der Waals surface area contributed by atoms with Crippen LogP contribution in [-0.4, -0.2) is 35.1 Å². The molecule has 0 N–H and O–H groups in total. The van der Waals surface area contributed by atoms with Gasteiger partial charge in [0.15, 0.2) is 5.78 Å². The van der Waals surface area contributed by atoms with Crippen molar-refractivity contribution in [3.63, 3.8) is 0 Å². The number of ketones is 1. The molecule has 0 aliphatic heterocycles. The Balaban J connectivity index is 2.34. The zero-order valence-electron chi connectivity index (χ0n) is 11.5. The van der Waals surface area contributed by atoms with Crippen LogP contribution in [0.4, 0.5) is 0 Å². The predicted octanol–water partition coefficient (Wildman–Crippen LogP) is 3.52. The molecule has 0 radical (unpaired) electrons. The number of carbonyl (C=O) groups is 1. The number of hydrogen-bond acceptors (Lipinski definition) is 3. The van der Waals surface area contributed by atoms with E-state index in [-0.39, 0.29) is 24.6 Å². The van der Waals surface area contributed by atoms with Gasteiger partial charge in [-0.3, -0.25) is 4.79 Å². The van der Waals surface area contributed by atoms with Crippen LogP contribution in [0.1, 0.15) is 52.4 Å². The fraction of sp³-hybridized carbons (Fsp3) is 0.929. The summed E-state index contributed by atoms with van der Waals surface area (Å²) < 4.78 is 12.3. The van der Waals surface area contributed by atoms with E-state index in [1.54, 1.807) is 0 Å². The van der Waals surface area contributed by atoms with Gasteiger partial charge in [0, 0.05) is 10.3 Å². The van der Waals surface area contributed by atoms with Crippen LogP contribution >= 0.6 is 22.6 Å². The van der Waals surface area contributed by atoms with E-state index in [1.807, 2.05) is 6.92 Å². The van der Waals surface area contributed by atoms with Gasteiger partial charge in [-0.05, 0) is 19.3 Å². The average Bonchev–Trinajstić information content (AvgIpc) is 2.42. The summed E-state index contributed by atoms with van der Waals surface area (Å²) in [5.41, 5.74) is 0. The first-order valence-corrected chi connectivity index (χ1v) is 8.30. The molecule has 18 heavy (non-hydrogen) atoms. The second-order valence-electron chi connectivity index (χ2n) is 4.90. The highest BCUT2D eigenvalue weighted by atomic mass is 127. The fourth-order valence-corrected chi connectivity index (χ4v) is 2.30. The highest BCUT2D eigenvalue weighted by molar-refractivity contribution is 14.1. The molecule has 106 valence electrons. The van der Waals surface area contributed by atoms with E-state index in [0.717, 1.165) is 25.9 Å². The molecule has 0 saturated heterocycles. The Morgan fingerprint density at radius 2 is 1.83 bits per heavy atom. The van der Waals surface area contributed by atoms with E-state index in [4.69, 9.17) is 9.47 Å². The predicted molar refractivity (Wildman–Crippen MR) is 81.3 cm³/mol. The van der Waals surface area contributed by atoms with Crippen molar-refractivity contribution in [2.75, 3.05) is 13.2 Å². The summed E-state index contributed by atoms with van der Waals surface area (Å²) in [5.74, 6) is 0.180. The van der Waals surface area contributed by atoms with Gasteiger partial charge in [0.25, 0.3) is 0 Å². The normalized spacial score (nSPS) is 25.9. The lowest BCUT2D eigenvalue weighted by atomic mass is 9.94. The van der Waals surface area contributed by atoms with Gasteiger partial charge < -0.3 is 9.47 Å². The van der Waals surface area contributed by atoms with Crippen molar-refractivity contribution in [2.45, 2.75) is 68.5 Å². The number of Topliss-reactive ketones (excluding diaryl/α,β-unsaturated/α-hetero) is 1. The van der Waals surface area contributed by atoms with Gasteiger partial charge in [-0.1, -0.05) is 49.3 Å². The zero-order chi connectivity index (χ0) is 13.4. The van der Waals surface area contributed by atoms with Gasteiger partial charge in [0.1, 0.15) is 6.61 Å². The lowest BCUT2D eigenvalue weighted by Gasteiger charge is -2.31. The van der Waals surface area contributed by atoms with Gasteiger partial charge in [-0.25, -0.2) is 0 Å². The van der Waals surface area contributed by atoms with Crippen LogP contribution in [-0.2, 0) is 14.3 Å². The molecule has 3 atom stereocenters. The number of alkyl halides is 1. The summed E-state index contributed by atoms with van der Waals surface area (Å²) in [6.45, 7) is 5.10. The Morgan fingerprint density at radius 3 is 2.39 bits per heavy atom. The summed E-state index contributed by atoms with van der Waals surface area (Å²) in [5, 5.41) is 0.